The Hall–Kier alpha value is -3.59. The van der Waals surface area contributed by atoms with Gasteiger partial charge in [0.2, 0.25) is 11.7 Å². The third-order valence-corrected chi connectivity index (χ3v) is 5.17. The van der Waals surface area contributed by atoms with Gasteiger partial charge in [0.25, 0.3) is 0 Å². The molecule has 0 amide bonds. The van der Waals surface area contributed by atoms with E-state index in [2.05, 4.69) is 46.4 Å². The molecule has 4 rings (SSSR count). The van der Waals surface area contributed by atoms with Crippen LogP contribution in [0.2, 0.25) is 0 Å². The van der Waals surface area contributed by atoms with Crippen molar-refractivity contribution in [2.24, 2.45) is 0 Å². The number of carboxylic acid groups (broad SMARTS) is 2. The predicted molar refractivity (Wildman–Crippen MR) is 109 cm³/mol. The number of piperidine rings is 1. The van der Waals surface area contributed by atoms with E-state index in [1.54, 1.807) is 18.2 Å². The van der Waals surface area contributed by atoms with Gasteiger partial charge in [-0.05, 0) is 50.0 Å². The van der Waals surface area contributed by atoms with Crippen molar-refractivity contribution in [1.82, 2.24) is 15.0 Å². The van der Waals surface area contributed by atoms with Crippen LogP contribution < -0.4 is 0 Å². The van der Waals surface area contributed by atoms with Crippen LogP contribution >= 0.6 is 0 Å². The first kappa shape index (κ1) is 22.1. The highest BCUT2D eigenvalue weighted by atomic mass is 19.1. The Balaban J connectivity index is 0.000000401. The second kappa shape index (κ2) is 9.94. The molecule has 2 aromatic carbocycles. The fourth-order valence-electron chi connectivity index (χ4n) is 3.52. The average molecular weight is 427 g/mol. The number of hydrogen-bond acceptors (Lipinski definition) is 6. The van der Waals surface area contributed by atoms with Crippen LogP contribution in [0.4, 0.5) is 4.39 Å². The first-order valence-corrected chi connectivity index (χ1v) is 9.66. The van der Waals surface area contributed by atoms with Crippen LogP contribution in [-0.4, -0.2) is 50.8 Å². The van der Waals surface area contributed by atoms with Crippen LogP contribution in [0.3, 0.4) is 0 Å². The van der Waals surface area contributed by atoms with Crippen LogP contribution in [0.5, 0.6) is 0 Å². The number of aliphatic carboxylic acids is 2. The third kappa shape index (κ3) is 5.52. The van der Waals surface area contributed by atoms with Crippen molar-refractivity contribution in [1.29, 1.82) is 0 Å². The van der Waals surface area contributed by atoms with E-state index in [9.17, 15) is 4.39 Å². The number of rotatable bonds is 3. The van der Waals surface area contributed by atoms with Crippen molar-refractivity contribution in [3.63, 3.8) is 0 Å². The number of benzene rings is 2. The van der Waals surface area contributed by atoms with E-state index >= 15 is 0 Å². The van der Waals surface area contributed by atoms with E-state index in [0.717, 1.165) is 19.4 Å². The van der Waals surface area contributed by atoms with Gasteiger partial charge < -0.3 is 14.7 Å². The Morgan fingerprint density at radius 1 is 1.06 bits per heavy atom. The molecular weight excluding hydrogens is 405 g/mol. The molecule has 1 fully saturated rings. The maximum atomic E-state index is 14.0. The van der Waals surface area contributed by atoms with Gasteiger partial charge in [-0.3, -0.25) is 4.90 Å². The third-order valence-electron chi connectivity index (χ3n) is 5.17. The standard InChI is InChI=1S/C20H20FN3O.C2H2O4/c1-24-12-11-15(14-7-3-2-4-8-14)13-18(24)20-22-19(23-25-20)16-9-5-6-10-17(16)21;3-1(4)2(5)6/h2-10,15,18H,11-13H2,1H3;(H,3,4)(H,5,6). The maximum Gasteiger partial charge on any atom is 0.414 e. The molecular formula is C22H22FN3O5. The monoisotopic (exact) mass is 427 g/mol. The van der Waals surface area contributed by atoms with E-state index in [4.69, 9.17) is 24.3 Å². The Morgan fingerprint density at radius 3 is 2.35 bits per heavy atom. The van der Waals surface area contributed by atoms with Crippen molar-refractivity contribution in [2.45, 2.75) is 24.8 Å². The number of likely N-dealkylation sites (tertiary alicyclic amines) is 1. The number of aromatic nitrogens is 2. The molecule has 31 heavy (non-hydrogen) atoms. The first-order chi connectivity index (χ1) is 14.9. The van der Waals surface area contributed by atoms with E-state index in [1.807, 2.05) is 6.07 Å². The summed E-state index contributed by atoms with van der Waals surface area (Å²) in [5.41, 5.74) is 1.71. The minimum absolute atomic E-state index is 0.0481. The molecule has 0 aliphatic carbocycles. The van der Waals surface area contributed by atoms with Crippen LogP contribution in [0.1, 0.15) is 36.3 Å². The van der Waals surface area contributed by atoms with E-state index in [-0.39, 0.29) is 11.9 Å². The zero-order valence-corrected chi connectivity index (χ0v) is 16.8. The molecule has 1 aliphatic rings. The van der Waals surface area contributed by atoms with Crippen molar-refractivity contribution in [3.05, 3.63) is 71.9 Å². The van der Waals surface area contributed by atoms with Crippen LogP contribution in [0.25, 0.3) is 11.4 Å². The SMILES string of the molecule is CN1CCC(c2ccccc2)CC1c1nc(-c2ccccc2F)no1.O=C(O)C(=O)O. The largest absolute Gasteiger partial charge is 0.473 e. The molecule has 0 saturated carbocycles. The Morgan fingerprint density at radius 2 is 1.71 bits per heavy atom. The van der Waals surface area contributed by atoms with Gasteiger partial charge in [-0.2, -0.15) is 4.98 Å². The van der Waals surface area contributed by atoms with Gasteiger partial charge in [0.15, 0.2) is 0 Å². The lowest BCUT2D eigenvalue weighted by atomic mass is 9.85. The molecule has 2 heterocycles. The maximum absolute atomic E-state index is 14.0. The van der Waals surface area contributed by atoms with E-state index in [0.29, 0.717) is 23.2 Å². The lowest BCUT2D eigenvalue weighted by Crippen LogP contribution is -2.33. The van der Waals surface area contributed by atoms with Gasteiger partial charge in [0, 0.05) is 0 Å². The number of hydrogen-bond donors (Lipinski definition) is 2. The van der Waals surface area contributed by atoms with Crippen molar-refractivity contribution in [3.8, 4) is 11.4 Å². The minimum Gasteiger partial charge on any atom is -0.473 e. The molecule has 1 aromatic heterocycles. The second-order valence-electron chi connectivity index (χ2n) is 7.17. The predicted octanol–water partition coefficient (Wildman–Crippen LogP) is 3.58. The number of carbonyl (C=O) groups is 2. The van der Waals surface area contributed by atoms with Gasteiger partial charge in [-0.15, -0.1) is 0 Å². The number of halogens is 1. The molecule has 162 valence electrons. The molecule has 2 N–H and O–H groups in total. The summed E-state index contributed by atoms with van der Waals surface area (Å²) in [5, 5.41) is 18.8. The van der Waals surface area contributed by atoms with Crippen molar-refractivity contribution < 1.29 is 28.7 Å². The molecule has 0 spiro atoms. The van der Waals surface area contributed by atoms with E-state index in [1.165, 1.54) is 11.6 Å². The summed E-state index contributed by atoms with van der Waals surface area (Å²) in [4.78, 5) is 24.9. The number of nitrogens with zero attached hydrogens (tertiary/aromatic N) is 3. The molecule has 9 heteroatoms. The van der Waals surface area contributed by atoms with Crippen LogP contribution in [0.15, 0.2) is 59.1 Å². The summed E-state index contributed by atoms with van der Waals surface area (Å²) in [6.07, 6.45) is 2.02. The zero-order chi connectivity index (χ0) is 22.4. The summed E-state index contributed by atoms with van der Waals surface area (Å²) < 4.78 is 19.5. The lowest BCUT2D eigenvalue weighted by Gasteiger charge is -2.35. The Kier molecular flexibility index (Phi) is 7.09. The highest BCUT2D eigenvalue weighted by Crippen LogP contribution is 2.38. The zero-order valence-electron chi connectivity index (χ0n) is 16.8. The summed E-state index contributed by atoms with van der Waals surface area (Å²) >= 11 is 0. The molecule has 8 nitrogen and oxygen atoms in total. The summed E-state index contributed by atoms with van der Waals surface area (Å²) in [5.74, 6) is -2.66. The highest BCUT2D eigenvalue weighted by molar-refractivity contribution is 6.27. The highest BCUT2D eigenvalue weighted by Gasteiger charge is 2.32. The first-order valence-electron chi connectivity index (χ1n) is 9.66. The Labute approximate surface area is 177 Å². The average Bonchev–Trinajstić information content (AvgIpc) is 3.25. The molecule has 0 radical (unpaired) electrons. The van der Waals surface area contributed by atoms with Gasteiger partial charge in [0.1, 0.15) is 5.82 Å². The fourth-order valence-corrected chi connectivity index (χ4v) is 3.52. The minimum atomic E-state index is -1.82. The normalized spacial score (nSPS) is 18.6. The van der Waals surface area contributed by atoms with Gasteiger partial charge >= 0.3 is 11.9 Å². The van der Waals surface area contributed by atoms with Gasteiger partial charge in [0.05, 0.1) is 11.6 Å². The second-order valence-corrected chi connectivity index (χ2v) is 7.17. The smallest absolute Gasteiger partial charge is 0.414 e. The van der Waals surface area contributed by atoms with Crippen LogP contribution in [0, 0.1) is 5.82 Å². The summed E-state index contributed by atoms with van der Waals surface area (Å²) in [7, 11) is 2.07. The summed E-state index contributed by atoms with van der Waals surface area (Å²) in [6, 6.07) is 17.1. The molecule has 3 aromatic rings. The van der Waals surface area contributed by atoms with Gasteiger partial charge in [-0.25, -0.2) is 14.0 Å². The Bertz CT molecular complexity index is 1030. The lowest BCUT2D eigenvalue weighted by molar-refractivity contribution is -0.159. The van der Waals surface area contributed by atoms with E-state index < -0.39 is 11.9 Å². The molecule has 1 saturated heterocycles. The molecule has 2 atom stereocenters. The molecule has 0 bridgehead atoms. The topological polar surface area (TPSA) is 117 Å². The fraction of sp³-hybridized carbons (Fsp3) is 0.273. The van der Waals surface area contributed by atoms with Gasteiger partial charge in [-0.1, -0.05) is 47.6 Å². The molecule has 1 aliphatic heterocycles. The number of carboxylic acids is 2. The quantitative estimate of drug-likeness (QED) is 0.609. The molecule has 2 unspecified atom stereocenters. The van der Waals surface area contributed by atoms with Crippen LogP contribution in [-0.2, 0) is 9.59 Å². The summed E-state index contributed by atoms with van der Waals surface area (Å²) in [6.45, 7) is 0.960. The van der Waals surface area contributed by atoms with Crippen molar-refractivity contribution >= 4 is 11.9 Å². The van der Waals surface area contributed by atoms with Crippen molar-refractivity contribution in [2.75, 3.05) is 13.6 Å².